The first-order valence-corrected chi connectivity index (χ1v) is 9.17. The van der Waals surface area contributed by atoms with Gasteiger partial charge >= 0.3 is 6.03 Å². The maximum atomic E-state index is 12.9. The Morgan fingerprint density at radius 2 is 1.78 bits per heavy atom. The molecule has 4 rings (SSSR count). The van der Waals surface area contributed by atoms with E-state index in [2.05, 4.69) is 10.6 Å². The Morgan fingerprint density at radius 1 is 1.11 bits per heavy atom. The number of carbonyl (C=O) groups is 4. The summed E-state index contributed by atoms with van der Waals surface area (Å²) in [4.78, 5) is 52.1. The maximum Gasteiger partial charge on any atom is 0.322 e. The van der Waals surface area contributed by atoms with E-state index in [0.29, 0.717) is 32.5 Å². The summed E-state index contributed by atoms with van der Waals surface area (Å²) in [6.07, 6.45) is 0.975. The van der Waals surface area contributed by atoms with Crippen molar-refractivity contribution in [3.05, 3.63) is 29.8 Å². The number of hydrogen-bond acceptors (Lipinski definition) is 4. The van der Waals surface area contributed by atoms with Crippen LogP contribution >= 0.6 is 0 Å². The molecule has 8 nitrogen and oxygen atoms in total. The van der Waals surface area contributed by atoms with E-state index in [1.165, 1.54) is 0 Å². The largest absolute Gasteiger partial charge is 0.342 e. The van der Waals surface area contributed by atoms with Gasteiger partial charge in [-0.1, -0.05) is 17.7 Å². The molecular formula is C19H22N4O4. The van der Waals surface area contributed by atoms with E-state index in [9.17, 15) is 19.2 Å². The second-order valence-electron chi connectivity index (χ2n) is 7.56. The van der Waals surface area contributed by atoms with Crippen LogP contribution in [0.5, 0.6) is 0 Å². The molecule has 2 N–H and O–H groups in total. The number of imide groups is 1. The number of nitrogens with one attached hydrogen (secondary N) is 2. The van der Waals surface area contributed by atoms with Crippen LogP contribution in [0.2, 0.25) is 0 Å². The van der Waals surface area contributed by atoms with Crippen LogP contribution in [0.25, 0.3) is 0 Å². The average Bonchev–Trinajstić information content (AvgIpc) is 3.16. The van der Waals surface area contributed by atoms with Crippen molar-refractivity contribution >= 4 is 29.4 Å². The van der Waals surface area contributed by atoms with Crippen molar-refractivity contribution in [2.75, 3.05) is 24.5 Å². The van der Waals surface area contributed by atoms with Crippen molar-refractivity contribution in [1.82, 2.24) is 15.5 Å². The van der Waals surface area contributed by atoms with Crippen molar-refractivity contribution in [1.29, 1.82) is 0 Å². The van der Waals surface area contributed by atoms with Gasteiger partial charge in [-0.3, -0.25) is 19.7 Å². The normalized spacial score (nSPS) is 24.3. The Bertz CT molecular complexity index is 812. The van der Waals surface area contributed by atoms with Crippen LogP contribution in [-0.4, -0.2) is 53.8 Å². The second-order valence-corrected chi connectivity index (χ2v) is 7.56. The van der Waals surface area contributed by atoms with Crippen molar-refractivity contribution in [3.63, 3.8) is 0 Å². The van der Waals surface area contributed by atoms with Gasteiger partial charge in [-0.2, -0.15) is 0 Å². The lowest BCUT2D eigenvalue weighted by Crippen LogP contribution is -2.56. The minimum Gasteiger partial charge on any atom is -0.342 e. The molecule has 0 aromatic heterocycles. The molecule has 0 saturated carbocycles. The number of rotatable bonds is 2. The number of anilines is 1. The van der Waals surface area contributed by atoms with Crippen molar-refractivity contribution in [2.24, 2.45) is 5.92 Å². The van der Waals surface area contributed by atoms with E-state index >= 15 is 0 Å². The zero-order valence-corrected chi connectivity index (χ0v) is 15.2. The van der Waals surface area contributed by atoms with Gasteiger partial charge < -0.3 is 15.1 Å². The molecule has 3 aliphatic rings. The summed E-state index contributed by atoms with van der Waals surface area (Å²) in [7, 11) is 0. The van der Waals surface area contributed by atoms with Crippen molar-refractivity contribution in [3.8, 4) is 0 Å². The minimum atomic E-state index is -0.896. The summed E-state index contributed by atoms with van der Waals surface area (Å²) in [5, 5.41) is 4.95. The van der Waals surface area contributed by atoms with Gasteiger partial charge in [0.1, 0.15) is 5.54 Å². The molecule has 0 unspecified atom stereocenters. The first-order valence-electron chi connectivity index (χ1n) is 9.17. The maximum absolute atomic E-state index is 12.9. The Morgan fingerprint density at radius 3 is 2.37 bits per heavy atom. The predicted molar refractivity (Wildman–Crippen MR) is 96.9 cm³/mol. The SMILES string of the molecule is Cc1ccc(N2C[C@@H](C(=O)N3CCC4(CC3)NC(=O)NC4=O)CC2=O)cc1. The van der Waals surface area contributed by atoms with E-state index in [1.807, 2.05) is 31.2 Å². The minimum absolute atomic E-state index is 0.0480. The third kappa shape index (κ3) is 3.05. The molecule has 0 bridgehead atoms. The first-order chi connectivity index (χ1) is 12.9. The van der Waals surface area contributed by atoms with Gasteiger partial charge in [0.2, 0.25) is 11.8 Å². The van der Waals surface area contributed by atoms with E-state index < -0.39 is 11.6 Å². The summed E-state index contributed by atoms with van der Waals surface area (Å²) in [6.45, 7) is 3.14. The lowest BCUT2D eigenvalue weighted by atomic mass is 9.87. The van der Waals surface area contributed by atoms with E-state index in [-0.39, 0.29) is 30.1 Å². The molecule has 0 radical (unpaired) electrons. The fourth-order valence-electron chi connectivity index (χ4n) is 4.09. The number of likely N-dealkylation sites (tertiary alicyclic amines) is 1. The molecular weight excluding hydrogens is 348 g/mol. The Balaban J connectivity index is 1.39. The predicted octanol–water partition coefficient (Wildman–Crippen LogP) is 0.549. The van der Waals surface area contributed by atoms with Crippen LogP contribution in [0.1, 0.15) is 24.8 Å². The number of hydrogen-bond donors (Lipinski definition) is 2. The van der Waals surface area contributed by atoms with Crippen molar-refractivity contribution < 1.29 is 19.2 Å². The number of benzene rings is 1. The van der Waals surface area contributed by atoms with Crippen LogP contribution in [-0.2, 0) is 14.4 Å². The molecule has 3 fully saturated rings. The Hall–Kier alpha value is -2.90. The smallest absolute Gasteiger partial charge is 0.322 e. The lowest BCUT2D eigenvalue weighted by Gasteiger charge is -2.37. The summed E-state index contributed by atoms with van der Waals surface area (Å²) in [6, 6.07) is 7.21. The molecule has 1 aromatic rings. The standard InChI is InChI=1S/C19H22N4O4/c1-12-2-4-14(5-3-12)23-11-13(10-15(23)24)16(25)22-8-6-19(7-9-22)17(26)20-18(27)21-19/h2-5,13H,6-11H2,1H3,(H2,20,21,26,27)/t13-/m0/s1. The highest BCUT2D eigenvalue weighted by Gasteiger charge is 2.49. The van der Waals surface area contributed by atoms with E-state index in [1.54, 1.807) is 9.80 Å². The highest BCUT2D eigenvalue weighted by atomic mass is 16.2. The van der Waals surface area contributed by atoms with Crippen LogP contribution in [0.15, 0.2) is 24.3 Å². The van der Waals surface area contributed by atoms with Gasteiger partial charge in [0, 0.05) is 31.7 Å². The molecule has 5 amide bonds. The molecule has 3 heterocycles. The lowest BCUT2D eigenvalue weighted by molar-refractivity contribution is -0.139. The topological polar surface area (TPSA) is 98.8 Å². The zero-order chi connectivity index (χ0) is 19.2. The van der Waals surface area contributed by atoms with E-state index in [4.69, 9.17) is 0 Å². The van der Waals surface area contributed by atoms with Crippen molar-refractivity contribution in [2.45, 2.75) is 31.7 Å². The quantitative estimate of drug-likeness (QED) is 0.743. The highest BCUT2D eigenvalue weighted by Crippen LogP contribution is 2.30. The summed E-state index contributed by atoms with van der Waals surface area (Å²) in [5.74, 6) is -0.799. The summed E-state index contributed by atoms with van der Waals surface area (Å²) in [5.41, 5.74) is 1.03. The van der Waals surface area contributed by atoms with Crippen LogP contribution in [0.4, 0.5) is 10.5 Å². The molecule has 27 heavy (non-hydrogen) atoms. The molecule has 1 atom stereocenters. The van der Waals surface area contributed by atoms with Gasteiger partial charge in [0.25, 0.3) is 5.91 Å². The molecule has 3 aliphatic heterocycles. The van der Waals surface area contributed by atoms with Crippen LogP contribution in [0, 0.1) is 12.8 Å². The second kappa shape index (κ2) is 6.37. The molecule has 3 saturated heterocycles. The number of carbonyl (C=O) groups excluding carboxylic acids is 4. The van der Waals surface area contributed by atoms with Gasteiger partial charge in [0.15, 0.2) is 0 Å². The van der Waals surface area contributed by atoms with Gasteiger partial charge in [-0.15, -0.1) is 0 Å². The molecule has 142 valence electrons. The number of urea groups is 1. The monoisotopic (exact) mass is 370 g/mol. The molecule has 1 aromatic carbocycles. The summed E-state index contributed by atoms with van der Waals surface area (Å²) < 4.78 is 0. The Kier molecular flexibility index (Phi) is 4.13. The number of piperidine rings is 1. The van der Waals surface area contributed by atoms with Gasteiger partial charge in [-0.05, 0) is 31.9 Å². The highest BCUT2D eigenvalue weighted by molar-refractivity contribution is 6.07. The molecule has 0 aliphatic carbocycles. The third-order valence-corrected chi connectivity index (χ3v) is 5.76. The third-order valence-electron chi connectivity index (χ3n) is 5.76. The average molecular weight is 370 g/mol. The van der Waals surface area contributed by atoms with Gasteiger partial charge in [-0.25, -0.2) is 4.79 Å². The number of amides is 5. The van der Waals surface area contributed by atoms with E-state index in [0.717, 1.165) is 11.3 Å². The fourth-order valence-corrected chi connectivity index (χ4v) is 4.09. The number of aryl methyl sites for hydroxylation is 1. The van der Waals surface area contributed by atoms with Crippen LogP contribution in [0.3, 0.4) is 0 Å². The number of nitrogens with zero attached hydrogens (tertiary/aromatic N) is 2. The van der Waals surface area contributed by atoms with Gasteiger partial charge in [0.05, 0.1) is 5.92 Å². The zero-order valence-electron chi connectivity index (χ0n) is 15.2. The molecule has 8 heteroatoms. The fraction of sp³-hybridized carbons (Fsp3) is 0.474. The molecule has 1 spiro atoms. The Labute approximate surface area is 156 Å². The summed E-state index contributed by atoms with van der Waals surface area (Å²) >= 11 is 0. The van der Waals surface area contributed by atoms with Crippen LogP contribution < -0.4 is 15.5 Å². The first kappa shape index (κ1) is 17.5.